The molecule has 0 aliphatic heterocycles. The molecule has 0 amide bonds. The van der Waals surface area contributed by atoms with Crippen LogP contribution >= 0.6 is 0 Å². The van der Waals surface area contributed by atoms with Crippen molar-refractivity contribution in [3.63, 3.8) is 0 Å². The van der Waals surface area contributed by atoms with Gasteiger partial charge < -0.3 is 0 Å². The first-order valence-electron chi connectivity index (χ1n) is 11.1. The number of carbonyl (C=O) groups is 1. The van der Waals surface area contributed by atoms with Crippen molar-refractivity contribution < 1.29 is 9.90 Å². The molecule has 3 fully saturated rings. The van der Waals surface area contributed by atoms with Gasteiger partial charge in [0, 0.05) is 0 Å². The standard InChI is InChI=1S/C25H32O2Se/c1-24-12-10-17(26)14-16(24)8-9-19-20(24)11-13-25(2)21(19)15-22(23(25)27)28-18-6-4-3-5-7-18/h3-8,17,19-22,26H,9-15H2,1-2H3/t17-,19+,20-,21-,22+,24-,25-/m0/s1. The zero-order valence-electron chi connectivity index (χ0n) is 17.1. The first-order chi connectivity index (χ1) is 13.4. The van der Waals surface area contributed by atoms with Gasteiger partial charge in [-0.15, -0.1) is 0 Å². The molecular formula is C25H32O2Se. The van der Waals surface area contributed by atoms with Crippen LogP contribution in [0.2, 0.25) is 4.82 Å². The van der Waals surface area contributed by atoms with Crippen LogP contribution in [-0.4, -0.2) is 32.0 Å². The summed E-state index contributed by atoms with van der Waals surface area (Å²) in [6.45, 7) is 4.76. The van der Waals surface area contributed by atoms with Crippen molar-refractivity contribution >= 4 is 25.2 Å². The summed E-state index contributed by atoms with van der Waals surface area (Å²) in [5.41, 5.74) is 1.68. The molecular weight excluding hydrogens is 411 g/mol. The second kappa shape index (κ2) is 6.83. The molecule has 0 radical (unpaired) electrons. The third-order valence-electron chi connectivity index (χ3n) is 8.81. The predicted octanol–water partition coefficient (Wildman–Crippen LogP) is 4.31. The summed E-state index contributed by atoms with van der Waals surface area (Å²) in [6, 6.07) is 10.7. The van der Waals surface area contributed by atoms with Gasteiger partial charge in [0.05, 0.1) is 0 Å². The van der Waals surface area contributed by atoms with Gasteiger partial charge >= 0.3 is 175 Å². The third kappa shape index (κ3) is 2.81. The van der Waals surface area contributed by atoms with Crippen LogP contribution in [0.25, 0.3) is 0 Å². The Labute approximate surface area is 175 Å². The maximum atomic E-state index is 13.5. The molecule has 0 aromatic heterocycles. The normalized spacial score (nSPS) is 45.0. The summed E-state index contributed by atoms with van der Waals surface area (Å²) in [5, 5.41) is 10.2. The second-order valence-electron chi connectivity index (χ2n) is 10.1. The molecule has 3 saturated carbocycles. The Hall–Kier alpha value is -0.891. The van der Waals surface area contributed by atoms with Crippen LogP contribution in [0.3, 0.4) is 0 Å². The van der Waals surface area contributed by atoms with Crippen molar-refractivity contribution in [2.24, 2.45) is 28.6 Å². The number of carbonyl (C=O) groups excluding carboxylic acids is 1. The van der Waals surface area contributed by atoms with Crippen molar-refractivity contribution in [3.05, 3.63) is 42.0 Å². The predicted molar refractivity (Wildman–Crippen MR) is 114 cm³/mol. The molecule has 5 rings (SSSR count). The molecule has 4 aliphatic carbocycles. The Kier molecular flexibility index (Phi) is 4.65. The minimum atomic E-state index is -0.143. The van der Waals surface area contributed by atoms with Crippen LogP contribution in [0.15, 0.2) is 42.0 Å². The molecule has 7 atom stereocenters. The van der Waals surface area contributed by atoms with Crippen LogP contribution < -0.4 is 4.46 Å². The Morgan fingerprint density at radius 3 is 2.57 bits per heavy atom. The van der Waals surface area contributed by atoms with E-state index >= 15 is 0 Å². The molecule has 0 saturated heterocycles. The van der Waals surface area contributed by atoms with E-state index in [2.05, 4.69) is 50.3 Å². The van der Waals surface area contributed by atoms with E-state index in [0.717, 1.165) is 38.5 Å². The number of allylic oxidation sites excluding steroid dienone is 1. The van der Waals surface area contributed by atoms with Gasteiger partial charge in [-0.3, -0.25) is 0 Å². The van der Waals surface area contributed by atoms with E-state index in [4.69, 9.17) is 0 Å². The fourth-order valence-electron chi connectivity index (χ4n) is 7.17. The molecule has 1 aromatic rings. The molecule has 4 aliphatic rings. The van der Waals surface area contributed by atoms with Crippen LogP contribution in [0.5, 0.6) is 0 Å². The molecule has 0 bridgehead atoms. The summed E-state index contributed by atoms with van der Waals surface area (Å²) < 4.78 is 1.37. The fourth-order valence-corrected chi connectivity index (χ4v) is 9.95. The van der Waals surface area contributed by atoms with Crippen LogP contribution in [0, 0.1) is 28.6 Å². The molecule has 0 unspecified atom stereocenters. The molecule has 3 heteroatoms. The average molecular weight is 443 g/mol. The summed E-state index contributed by atoms with van der Waals surface area (Å²) >= 11 is 0.253. The molecule has 2 nitrogen and oxygen atoms in total. The first kappa shape index (κ1) is 19.1. The number of fused-ring (bicyclic) bond motifs is 5. The van der Waals surface area contributed by atoms with Gasteiger partial charge in [-0.25, -0.2) is 0 Å². The van der Waals surface area contributed by atoms with Gasteiger partial charge in [0.25, 0.3) is 0 Å². The summed E-state index contributed by atoms with van der Waals surface area (Å²) in [7, 11) is 0. The van der Waals surface area contributed by atoms with Gasteiger partial charge in [-0.1, -0.05) is 0 Å². The van der Waals surface area contributed by atoms with Crippen molar-refractivity contribution in [2.45, 2.75) is 69.7 Å². The number of rotatable bonds is 2. The van der Waals surface area contributed by atoms with Gasteiger partial charge in [0.1, 0.15) is 0 Å². The van der Waals surface area contributed by atoms with E-state index in [-0.39, 0.29) is 36.7 Å². The van der Waals surface area contributed by atoms with Crippen LogP contribution in [-0.2, 0) is 4.79 Å². The summed E-state index contributed by atoms with van der Waals surface area (Å²) in [6.07, 6.45) is 9.76. The Balaban J connectivity index is 1.42. The average Bonchev–Trinajstić information content (AvgIpc) is 2.94. The van der Waals surface area contributed by atoms with E-state index in [0.29, 0.717) is 23.5 Å². The SMILES string of the molecule is C[C@]12CC[C@H](O)CC1=CC[C@@H]1[C@@H]2CC[C@]2(C)C(=O)[C@H]([Se]c3ccccc3)C[C@@H]12. The zero-order chi connectivity index (χ0) is 19.5. The quantitative estimate of drug-likeness (QED) is 0.547. The number of hydrogen-bond acceptors (Lipinski definition) is 2. The maximum absolute atomic E-state index is 13.5. The first-order valence-corrected chi connectivity index (χ1v) is 12.9. The van der Waals surface area contributed by atoms with E-state index in [1.54, 1.807) is 0 Å². The van der Waals surface area contributed by atoms with Crippen molar-refractivity contribution in [3.8, 4) is 0 Å². The van der Waals surface area contributed by atoms with E-state index in [1.807, 2.05) is 0 Å². The number of ketones is 1. The second-order valence-corrected chi connectivity index (χ2v) is 12.8. The molecule has 0 spiro atoms. The fraction of sp³-hybridized carbons (Fsp3) is 0.640. The monoisotopic (exact) mass is 444 g/mol. The van der Waals surface area contributed by atoms with E-state index in [1.165, 1.54) is 16.5 Å². The minimum absolute atomic E-state index is 0.0990. The van der Waals surface area contributed by atoms with Gasteiger partial charge in [0.15, 0.2) is 0 Å². The third-order valence-corrected chi connectivity index (χ3v) is 11.4. The number of Topliss-reactive ketones (excluding diaryl/α,β-unsaturated/α-hetero) is 1. The van der Waals surface area contributed by atoms with Crippen molar-refractivity contribution in [1.29, 1.82) is 0 Å². The number of aliphatic hydroxyl groups excluding tert-OH is 1. The number of hydrogen-bond donors (Lipinski definition) is 1. The molecule has 1 aromatic carbocycles. The van der Waals surface area contributed by atoms with Crippen LogP contribution in [0.4, 0.5) is 0 Å². The van der Waals surface area contributed by atoms with E-state index < -0.39 is 0 Å². The summed E-state index contributed by atoms with van der Waals surface area (Å²) in [4.78, 5) is 13.8. The van der Waals surface area contributed by atoms with Crippen LogP contribution in [0.1, 0.15) is 58.8 Å². The van der Waals surface area contributed by atoms with Gasteiger partial charge in [0.2, 0.25) is 0 Å². The number of aliphatic hydroxyl groups is 1. The van der Waals surface area contributed by atoms with Crippen molar-refractivity contribution in [1.82, 2.24) is 0 Å². The Morgan fingerprint density at radius 1 is 1.04 bits per heavy atom. The number of benzene rings is 1. The molecule has 0 heterocycles. The van der Waals surface area contributed by atoms with Gasteiger partial charge in [-0.05, 0) is 0 Å². The van der Waals surface area contributed by atoms with Gasteiger partial charge in [-0.2, -0.15) is 0 Å². The summed E-state index contributed by atoms with van der Waals surface area (Å²) in [5.74, 6) is 2.48. The Morgan fingerprint density at radius 2 is 1.79 bits per heavy atom. The van der Waals surface area contributed by atoms with E-state index in [9.17, 15) is 9.90 Å². The topological polar surface area (TPSA) is 37.3 Å². The van der Waals surface area contributed by atoms with Crippen molar-refractivity contribution in [2.75, 3.05) is 0 Å². The zero-order valence-corrected chi connectivity index (χ0v) is 18.8. The Bertz CT molecular complexity index is 802. The molecule has 28 heavy (non-hydrogen) atoms. The molecule has 1 N–H and O–H groups in total. The molecule has 150 valence electrons.